The van der Waals surface area contributed by atoms with E-state index in [2.05, 4.69) is 0 Å². The molecule has 0 N–H and O–H groups in total. The molecule has 1 aromatic rings. The maximum atomic E-state index is 12.5. The largest absolute Gasteiger partial charge is 0.497 e. The van der Waals surface area contributed by atoms with Crippen molar-refractivity contribution in [2.24, 2.45) is 5.92 Å². The van der Waals surface area contributed by atoms with Crippen molar-refractivity contribution in [2.45, 2.75) is 12.8 Å². The van der Waals surface area contributed by atoms with Crippen LogP contribution in [0.1, 0.15) is 23.2 Å². The number of nitrogens with zero attached hydrogens (tertiary/aromatic N) is 2. The van der Waals surface area contributed by atoms with Crippen LogP contribution in [0, 0.1) is 5.92 Å². The summed E-state index contributed by atoms with van der Waals surface area (Å²) in [6.45, 7) is 1.25. The van der Waals surface area contributed by atoms with Gasteiger partial charge in [0.25, 0.3) is 5.91 Å². The highest BCUT2D eigenvalue weighted by molar-refractivity contribution is 5.94. The third kappa shape index (κ3) is 3.54. The molecule has 2 amide bonds. The summed E-state index contributed by atoms with van der Waals surface area (Å²) in [6.07, 6.45) is 1.46. The van der Waals surface area contributed by atoms with E-state index in [4.69, 9.17) is 4.74 Å². The third-order valence-corrected chi connectivity index (χ3v) is 3.89. The molecule has 5 nitrogen and oxygen atoms in total. The first-order valence-corrected chi connectivity index (χ1v) is 7.17. The first-order valence-electron chi connectivity index (χ1n) is 7.17. The molecule has 0 unspecified atom stereocenters. The average Bonchev–Trinajstić information content (AvgIpc) is 2.53. The Labute approximate surface area is 125 Å². The smallest absolute Gasteiger partial charge is 0.253 e. The van der Waals surface area contributed by atoms with Gasteiger partial charge in [-0.15, -0.1) is 0 Å². The van der Waals surface area contributed by atoms with Crippen LogP contribution in [0.3, 0.4) is 0 Å². The van der Waals surface area contributed by atoms with Gasteiger partial charge < -0.3 is 14.5 Å². The molecule has 0 spiro atoms. The zero-order valence-electron chi connectivity index (χ0n) is 12.8. The van der Waals surface area contributed by atoms with Crippen molar-refractivity contribution in [2.75, 3.05) is 34.3 Å². The fraction of sp³-hybridized carbons (Fsp3) is 0.500. The van der Waals surface area contributed by atoms with Gasteiger partial charge in [0, 0.05) is 38.7 Å². The Bertz CT molecular complexity index is 520. The van der Waals surface area contributed by atoms with Gasteiger partial charge in [-0.3, -0.25) is 9.59 Å². The molecular weight excluding hydrogens is 268 g/mol. The molecule has 1 heterocycles. The van der Waals surface area contributed by atoms with Crippen molar-refractivity contribution < 1.29 is 14.3 Å². The van der Waals surface area contributed by atoms with Crippen molar-refractivity contribution in [1.82, 2.24) is 9.80 Å². The quantitative estimate of drug-likeness (QED) is 0.850. The van der Waals surface area contributed by atoms with Gasteiger partial charge in [0.05, 0.1) is 7.11 Å². The molecule has 0 radical (unpaired) electrons. The fourth-order valence-electron chi connectivity index (χ4n) is 2.63. The summed E-state index contributed by atoms with van der Waals surface area (Å²) in [5.41, 5.74) is 0.631. The van der Waals surface area contributed by atoms with Gasteiger partial charge >= 0.3 is 0 Å². The molecule has 0 atom stereocenters. The maximum absolute atomic E-state index is 12.5. The molecule has 5 heteroatoms. The molecule has 0 saturated carbocycles. The lowest BCUT2D eigenvalue weighted by Crippen LogP contribution is -2.42. The minimum absolute atomic E-state index is 0.00431. The highest BCUT2D eigenvalue weighted by Gasteiger charge is 2.28. The fourth-order valence-corrected chi connectivity index (χ4v) is 2.63. The number of methoxy groups -OCH3 is 1. The average molecular weight is 290 g/mol. The number of amides is 2. The van der Waals surface area contributed by atoms with E-state index in [-0.39, 0.29) is 17.7 Å². The van der Waals surface area contributed by atoms with Gasteiger partial charge in [-0.1, -0.05) is 6.07 Å². The Kier molecular flexibility index (Phi) is 4.83. The number of rotatable bonds is 3. The molecule has 1 saturated heterocycles. The Hall–Kier alpha value is -2.04. The molecule has 1 aromatic carbocycles. The van der Waals surface area contributed by atoms with Gasteiger partial charge in [-0.2, -0.15) is 0 Å². The predicted molar refractivity (Wildman–Crippen MR) is 80.3 cm³/mol. The van der Waals surface area contributed by atoms with Crippen molar-refractivity contribution in [3.8, 4) is 5.75 Å². The molecule has 1 fully saturated rings. The predicted octanol–water partition coefficient (Wildman–Crippen LogP) is 1.64. The Balaban J connectivity index is 1.98. The summed E-state index contributed by atoms with van der Waals surface area (Å²) in [7, 11) is 5.13. The summed E-state index contributed by atoms with van der Waals surface area (Å²) in [5, 5.41) is 0. The van der Waals surface area contributed by atoms with Crippen LogP contribution in [0.2, 0.25) is 0 Å². The molecule has 0 aliphatic carbocycles. The van der Waals surface area contributed by atoms with Gasteiger partial charge in [-0.25, -0.2) is 0 Å². The Morgan fingerprint density at radius 3 is 2.48 bits per heavy atom. The van der Waals surface area contributed by atoms with Crippen LogP contribution < -0.4 is 4.74 Å². The van der Waals surface area contributed by atoms with E-state index in [0.717, 1.165) is 12.8 Å². The highest BCUT2D eigenvalue weighted by Crippen LogP contribution is 2.21. The zero-order chi connectivity index (χ0) is 15.4. The van der Waals surface area contributed by atoms with Crippen molar-refractivity contribution in [3.05, 3.63) is 29.8 Å². The summed E-state index contributed by atoms with van der Waals surface area (Å²) < 4.78 is 5.15. The first kappa shape index (κ1) is 15.4. The number of hydrogen-bond donors (Lipinski definition) is 0. The molecule has 2 rings (SSSR count). The van der Waals surface area contributed by atoms with Crippen LogP contribution >= 0.6 is 0 Å². The highest BCUT2D eigenvalue weighted by atomic mass is 16.5. The van der Waals surface area contributed by atoms with Crippen molar-refractivity contribution >= 4 is 11.8 Å². The molecule has 0 aromatic heterocycles. The van der Waals surface area contributed by atoms with E-state index >= 15 is 0 Å². The molecule has 0 bridgehead atoms. The van der Waals surface area contributed by atoms with Crippen LogP contribution in [-0.4, -0.2) is 55.9 Å². The van der Waals surface area contributed by atoms with Gasteiger partial charge in [-0.05, 0) is 31.0 Å². The number of benzene rings is 1. The molecular formula is C16H22N2O3. The number of carbonyl (C=O) groups is 2. The van der Waals surface area contributed by atoms with Gasteiger partial charge in [0.15, 0.2) is 0 Å². The number of likely N-dealkylation sites (tertiary alicyclic amines) is 1. The van der Waals surface area contributed by atoms with Crippen molar-refractivity contribution in [3.63, 3.8) is 0 Å². The van der Waals surface area contributed by atoms with E-state index in [1.807, 2.05) is 17.0 Å². The summed E-state index contributed by atoms with van der Waals surface area (Å²) in [4.78, 5) is 27.8. The number of piperidine rings is 1. The van der Waals surface area contributed by atoms with E-state index in [0.29, 0.717) is 24.4 Å². The van der Waals surface area contributed by atoms with E-state index in [1.54, 1.807) is 38.2 Å². The molecule has 1 aliphatic rings. The number of carbonyl (C=O) groups excluding carboxylic acids is 2. The van der Waals surface area contributed by atoms with E-state index in [9.17, 15) is 9.59 Å². The Morgan fingerprint density at radius 1 is 1.24 bits per heavy atom. The van der Waals surface area contributed by atoms with Crippen LogP contribution in [-0.2, 0) is 4.79 Å². The Morgan fingerprint density at radius 2 is 1.90 bits per heavy atom. The molecule has 21 heavy (non-hydrogen) atoms. The molecule has 114 valence electrons. The number of hydrogen-bond acceptors (Lipinski definition) is 3. The summed E-state index contributed by atoms with van der Waals surface area (Å²) in [6, 6.07) is 7.18. The second-order valence-corrected chi connectivity index (χ2v) is 5.53. The number of ether oxygens (including phenoxy) is 1. The minimum atomic E-state index is 0.00431. The standard InChI is InChI=1S/C16H22N2O3/c1-17(2)15(19)12-7-9-18(10-8-12)16(20)13-5-4-6-14(11-13)21-3/h4-6,11-12H,7-10H2,1-3H3. The van der Waals surface area contributed by atoms with Gasteiger partial charge in [0.1, 0.15) is 5.75 Å². The lowest BCUT2D eigenvalue weighted by Gasteiger charge is -2.32. The summed E-state index contributed by atoms with van der Waals surface area (Å²) in [5.74, 6) is 0.876. The van der Waals surface area contributed by atoms with Crippen LogP contribution in [0.15, 0.2) is 24.3 Å². The first-order chi connectivity index (χ1) is 10.0. The summed E-state index contributed by atoms with van der Waals surface area (Å²) >= 11 is 0. The monoisotopic (exact) mass is 290 g/mol. The molecule has 1 aliphatic heterocycles. The lowest BCUT2D eigenvalue weighted by atomic mass is 9.95. The minimum Gasteiger partial charge on any atom is -0.497 e. The van der Waals surface area contributed by atoms with Crippen LogP contribution in [0.5, 0.6) is 5.75 Å². The van der Waals surface area contributed by atoms with Crippen LogP contribution in [0.4, 0.5) is 0 Å². The normalized spacial score (nSPS) is 15.7. The second kappa shape index (κ2) is 6.61. The maximum Gasteiger partial charge on any atom is 0.253 e. The van der Waals surface area contributed by atoms with E-state index in [1.165, 1.54) is 0 Å². The van der Waals surface area contributed by atoms with Crippen molar-refractivity contribution in [1.29, 1.82) is 0 Å². The van der Waals surface area contributed by atoms with E-state index < -0.39 is 0 Å². The topological polar surface area (TPSA) is 49.9 Å². The lowest BCUT2D eigenvalue weighted by molar-refractivity contribution is -0.134. The SMILES string of the molecule is COc1cccc(C(=O)N2CCC(C(=O)N(C)C)CC2)c1. The third-order valence-electron chi connectivity index (χ3n) is 3.89. The second-order valence-electron chi connectivity index (χ2n) is 5.53. The zero-order valence-corrected chi connectivity index (χ0v) is 12.8. The van der Waals surface area contributed by atoms with Crippen LogP contribution in [0.25, 0.3) is 0 Å². The van der Waals surface area contributed by atoms with Gasteiger partial charge in [0.2, 0.25) is 5.91 Å².